The fourth-order valence-electron chi connectivity index (χ4n) is 4.98. The Kier molecular flexibility index (Phi) is 11.2. The first-order chi connectivity index (χ1) is 23.8. The lowest BCUT2D eigenvalue weighted by molar-refractivity contribution is -0.765. The Morgan fingerprint density at radius 2 is 1.75 bits per heavy atom. The van der Waals surface area contributed by atoms with Gasteiger partial charge in [-0.1, -0.05) is 5.11 Å². The third kappa shape index (κ3) is 8.92. The fourth-order valence-corrected chi connectivity index (χ4v) is 7.58. The summed E-state index contributed by atoms with van der Waals surface area (Å²) >= 11 is 0. The summed E-state index contributed by atoms with van der Waals surface area (Å²) in [5.41, 5.74) is 13.8. The normalized spacial score (nSPS) is 29.0. The Labute approximate surface area is 282 Å². The molecular weight excluding hydrogens is 759 g/mol. The van der Waals surface area contributed by atoms with Gasteiger partial charge in [0.05, 0.1) is 19.5 Å². The Morgan fingerprint density at radius 1 is 1.06 bits per heavy atom. The van der Waals surface area contributed by atoms with Crippen molar-refractivity contribution in [2.45, 2.75) is 49.1 Å². The van der Waals surface area contributed by atoms with E-state index in [1.54, 1.807) is 0 Å². The molecule has 0 bridgehead atoms. The first-order valence-corrected chi connectivity index (χ1v) is 18.3. The molecule has 0 aliphatic carbocycles. The molecule has 2 saturated heterocycles. The second kappa shape index (κ2) is 14.8. The summed E-state index contributed by atoms with van der Waals surface area (Å²) in [7, 11) is -16.8. The number of aliphatic hydroxyl groups excluding tert-OH is 3. The van der Waals surface area contributed by atoms with Crippen LogP contribution in [0.25, 0.3) is 21.6 Å². The first kappa shape index (κ1) is 38.7. The van der Waals surface area contributed by atoms with Crippen LogP contribution in [0, 0.1) is 0 Å². The Hall–Kier alpha value is -3.55. The lowest BCUT2D eigenvalue weighted by Crippen LogP contribution is -2.46. The number of nitrogen functional groups attached to an aromatic ring is 1. The number of imidazole rings is 1. The van der Waals surface area contributed by atoms with Crippen LogP contribution >= 0.6 is 23.5 Å². The number of nitrogens with two attached hydrogens (primary N) is 1. The van der Waals surface area contributed by atoms with Crippen LogP contribution in [0.4, 0.5) is 11.5 Å². The van der Waals surface area contributed by atoms with E-state index in [9.17, 15) is 58.5 Å². The molecular formula is C21H26N9O18P3. The molecule has 0 radical (unpaired) electrons. The second-order valence-electron chi connectivity index (χ2n) is 10.6. The van der Waals surface area contributed by atoms with E-state index in [0.717, 1.165) is 40.2 Å². The van der Waals surface area contributed by atoms with Gasteiger partial charge in [0.2, 0.25) is 0 Å². The summed E-state index contributed by atoms with van der Waals surface area (Å²) in [5, 5.41) is 44.2. The average molecular weight is 785 g/mol. The van der Waals surface area contributed by atoms with Crippen molar-refractivity contribution in [2.24, 2.45) is 5.11 Å². The maximum absolute atomic E-state index is 12.6. The molecule has 5 rings (SSSR count). The second-order valence-corrected chi connectivity index (χ2v) is 14.8. The number of ether oxygens (including phenoxy) is 2. The molecule has 2 fully saturated rings. The number of aromatic carboxylic acids is 1. The van der Waals surface area contributed by atoms with E-state index in [1.807, 2.05) is 0 Å². The highest BCUT2D eigenvalue weighted by Gasteiger charge is 2.51. The summed E-state index contributed by atoms with van der Waals surface area (Å²) in [5.74, 6) is -1.54. The number of carboxylic acids is 1. The van der Waals surface area contributed by atoms with E-state index >= 15 is 0 Å². The van der Waals surface area contributed by atoms with E-state index < -0.39 is 97.3 Å². The van der Waals surface area contributed by atoms with Crippen LogP contribution in [0.2, 0.25) is 0 Å². The SMILES string of the molecule is [N-]=[N+]=Nc1cc(C(=O)O)c[n+]([C@@H]2O[C@H](COP(=O)([O-])OP(=O)(O)OC[C@H]3O[C@@H](n4cnc5c(N)ncnc54)[C@H](OP(=O)(O)O)[C@@H]3O)[C@@H](O)[C@H]2O)c1. The molecule has 5 heterocycles. The van der Waals surface area contributed by atoms with Crippen LogP contribution in [0.3, 0.4) is 0 Å². The largest absolute Gasteiger partial charge is 0.756 e. The van der Waals surface area contributed by atoms with Crippen LogP contribution in [0.1, 0.15) is 22.8 Å². The fraction of sp³-hybridized carbons (Fsp3) is 0.476. The van der Waals surface area contributed by atoms with Crippen molar-refractivity contribution in [2.75, 3.05) is 18.9 Å². The highest BCUT2D eigenvalue weighted by atomic mass is 31.3. The number of rotatable bonds is 14. The average Bonchev–Trinajstić information content (AvgIpc) is 3.68. The Bertz CT molecular complexity index is 1970. The number of carbonyl (C=O) groups is 1. The highest BCUT2D eigenvalue weighted by molar-refractivity contribution is 7.60. The molecule has 0 spiro atoms. The molecule has 2 unspecified atom stereocenters. The van der Waals surface area contributed by atoms with Crippen molar-refractivity contribution >= 4 is 52.1 Å². The zero-order valence-electron chi connectivity index (χ0n) is 25.0. The van der Waals surface area contributed by atoms with Gasteiger partial charge >= 0.3 is 21.6 Å². The van der Waals surface area contributed by atoms with E-state index in [0.29, 0.717) is 0 Å². The number of phosphoric ester groups is 3. The van der Waals surface area contributed by atoms with Crippen LogP contribution in [0.5, 0.6) is 0 Å². The zero-order chi connectivity index (χ0) is 37.5. The quantitative estimate of drug-likeness (QED) is 0.0288. The minimum Gasteiger partial charge on any atom is -0.756 e. The molecule has 0 aromatic carbocycles. The lowest BCUT2D eigenvalue weighted by atomic mass is 10.1. The van der Waals surface area contributed by atoms with Crippen LogP contribution in [-0.2, 0) is 41.1 Å². The standard InChI is InChI=1S/C21H26N9O18P3/c22-17-12-18(25-6-24-17)30(7-26-12)20-16(47-49(36,37)38)14(32)11(46-20)5-44-51(41,42)48-50(39,40)43-4-10-13(31)15(33)19(45-10)29-2-8(21(34)35)1-9(3-29)27-28-23/h1-3,6-7,10-11,13-16,19-20,31-33H,4-5H2,(H6-,22,24,25,34,35,36,37,38,39,40,41,42)/t10-,11-,13-,14-,15-,16-,19-,20-/m1/s1. The number of carboxylic acid groups (broad SMARTS) is 1. The van der Waals surface area contributed by atoms with E-state index in [-0.39, 0.29) is 22.7 Å². The molecule has 0 amide bonds. The van der Waals surface area contributed by atoms with Crippen molar-refractivity contribution in [1.29, 1.82) is 0 Å². The van der Waals surface area contributed by atoms with Gasteiger partial charge in [-0.05, 0) is 11.6 Å². The summed E-state index contributed by atoms with van der Waals surface area (Å²) in [4.78, 5) is 67.0. The zero-order valence-corrected chi connectivity index (χ0v) is 27.7. The van der Waals surface area contributed by atoms with Gasteiger partial charge in [-0.25, -0.2) is 33.2 Å². The Morgan fingerprint density at radius 3 is 2.41 bits per heavy atom. The van der Waals surface area contributed by atoms with Crippen molar-refractivity contribution in [1.82, 2.24) is 19.5 Å². The molecule has 9 N–H and O–H groups in total. The number of fused-ring (bicyclic) bond motifs is 1. The van der Waals surface area contributed by atoms with E-state index in [4.69, 9.17) is 20.7 Å². The van der Waals surface area contributed by atoms with E-state index in [2.05, 4.69) is 42.9 Å². The lowest BCUT2D eigenvalue weighted by Gasteiger charge is -2.26. The van der Waals surface area contributed by atoms with Crippen molar-refractivity contribution < 1.29 is 90.4 Å². The number of hydrogen-bond donors (Lipinski definition) is 8. The van der Waals surface area contributed by atoms with Crippen molar-refractivity contribution in [3.05, 3.63) is 47.1 Å². The molecule has 27 nitrogen and oxygen atoms in total. The van der Waals surface area contributed by atoms with Gasteiger partial charge in [0.25, 0.3) is 14.1 Å². The molecule has 2 aliphatic heterocycles. The first-order valence-electron chi connectivity index (χ1n) is 13.8. The van der Waals surface area contributed by atoms with Gasteiger partial charge in [-0.3, -0.25) is 18.2 Å². The van der Waals surface area contributed by atoms with Crippen LogP contribution in [-0.4, -0.2) is 110 Å². The number of phosphoric acid groups is 3. The number of hydrogen-bond acceptors (Lipinski definition) is 19. The number of anilines is 1. The Balaban J connectivity index is 1.22. The smallest absolute Gasteiger partial charge is 0.478 e. The summed E-state index contributed by atoms with van der Waals surface area (Å²) in [6.07, 6.45) is -10.0. The topological polar surface area (TPSA) is 411 Å². The molecule has 3 aromatic heterocycles. The number of aliphatic hydroxyl groups is 3. The van der Waals surface area contributed by atoms with Gasteiger partial charge < -0.3 is 59.7 Å². The monoisotopic (exact) mass is 785 g/mol. The maximum Gasteiger partial charge on any atom is 0.478 e. The van der Waals surface area contributed by atoms with Crippen LogP contribution in [0.15, 0.2) is 36.2 Å². The predicted octanol–water partition coefficient (Wildman–Crippen LogP) is -1.99. The molecule has 51 heavy (non-hydrogen) atoms. The molecule has 30 heteroatoms. The van der Waals surface area contributed by atoms with Gasteiger partial charge in [-0.2, -0.15) is 4.57 Å². The number of aromatic nitrogens is 5. The van der Waals surface area contributed by atoms with Gasteiger partial charge in [0.1, 0.15) is 53.6 Å². The number of pyridine rings is 1. The number of azide groups is 1. The predicted molar refractivity (Wildman–Crippen MR) is 155 cm³/mol. The van der Waals surface area contributed by atoms with Gasteiger partial charge in [-0.15, -0.1) is 0 Å². The summed E-state index contributed by atoms with van der Waals surface area (Å²) < 4.78 is 67.6. The van der Waals surface area contributed by atoms with Crippen LogP contribution < -0.4 is 15.2 Å². The minimum atomic E-state index is -5.81. The molecule has 278 valence electrons. The van der Waals surface area contributed by atoms with E-state index in [1.165, 1.54) is 0 Å². The summed E-state index contributed by atoms with van der Waals surface area (Å²) in [6, 6.07) is 0.997. The minimum absolute atomic E-state index is 0.0262. The van der Waals surface area contributed by atoms with Gasteiger partial charge in [0, 0.05) is 4.91 Å². The third-order valence-corrected chi connectivity index (χ3v) is 10.2. The third-order valence-electron chi connectivity index (χ3n) is 7.15. The highest BCUT2D eigenvalue weighted by Crippen LogP contribution is 2.58. The molecule has 0 saturated carbocycles. The van der Waals surface area contributed by atoms with Crippen molar-refractivity contribution in [3.63, 3.8) is 0 Å². The van der Waals surface area contributed by atoms with Crippen molar-refractivity contribution in [3.8, 4) is 0 Å². The van der Waals surface area contributed by atoms with Gasteiger partial charge in [0.15, 0.2) is 36.2 Å². The number of nitrogens with zero attached hydrogens (tertiary/aromatic N) is 8. The molecule has 3 aromatic rings. The maximum atomic E-state index is 12.6. The summed E-state index contributed by atoms with van der Waals surface area (Å²) in [6.45, 7) is -2.27. The molecule has 2 aliphatic rings. The molecule has 10 atom stereocenters.